The third kappa shape index (κ3) is 4.32. The van der Waals surface area contributed by atoms with Crippen LogP contribution in [-0.4, -0.2) is 48.1 Å². The maximum atomic E-state index is 12.7. The molecule has 3 rings (SSSR count). The van der Waals surface area contributed by atoms with E-state index < -0.39 is 15.9 Å². The molecule has 2 aromatic carbocycles. The van der Waals surface area contributed by atoms with Crippen LogP contribution in [0.1, 0.15) is 35.2 Å². The zero-order valence-corrected chi connectivity index (χ0v) is 15.9. The van der Waals surface area contributed by atoms with E-state index in [1.165, 1.54) is 53.0 Å². The van der Waals surface area contributed by atoms with Crippen molar-refractivity contribution in [2.24, 2.45) is 5.10 Å². The summed E-state index contributed by atoms with van der Waals surface area (Å²) in [6.07, 6.45) is 3.86. The molecule has 0 aliphatic carbocycles. The maximum Gasteiger partial charge on any atom is 0.271 e. The Morgan fingerprint density at radius 2 is 1.79 bits per heavy atom. The fraction of sp³-hybridized carbons (Fsp3) is 0.263. The molecule has 0 saturated carbocycles. The molecule has 0 unspecified atom stereocenters. The molecule has 1 aliphatic rings. The van der Waals surface area contributed by atoms with Crippen LogP contribution >= 0.6 is 0 Å². The van der Waals surface area contributed by atoms with Gasteiger partial charge in [0.25, 0.3) is 5.91 Å². The second-order valence-electron chi connectivity index (χ2n) is 6.41. The Morgan fingerprint density at radius 3 is 2.54 bits per heavy atom. The molecule has 28 heavy (non-hydrogen) atoms. The van der Waals surface area contributed by atoms with E-state index in [0.29, 0.717) is 13.1 Å². The van der Waals surface area contributed by atoms with Crippen LogP contribution in [0.3, 0.4) is 0 Å². The molecular formula is C19H21N3O5S. The maximum absolute atomic E-state index is 12.7. The van der Waals surface area contributed by atoms with Gasteiger partial charge in [-0.1, -0.05) is 18.6 Å². The number of benzene rings is 2. The SMILES string of the molecule is O=C(N/N=C\c1cccc(O)c1O)c1cccc(S(=O)(=O)N2CCCCC2)c1. The second-order valence-corrected chi connectivity index (χ2v) is 8.34. The van der Waals surface area contributed by atoms with Crippen molar-refractivity contribution in [1.29, 1.82) is 0 Å². The van der Waals surface area contributed by atoms with Crippen molar-refractivity contribution < 1.29 is 23.4 Å². The highest BCUT2D eigenvalue weighted by molar-refractivity contribution is 7.89. The van der Waals surface area contributed by atoms with E-state index in [4.69, 9.17) is 0 Å². The summed E-state index contributed by atoms with van der Waals surface area (Å²) < 4.78 is 26.9. The van der Waals surface area contributed by atoms with E-state index in [1.54, 1.807) is 0 Å². The third-order valence-corrected chi connectivity index (χ3v) is 6.36. The number of carbonyl (C=O) groups excluding carboxylic acids is 1. The molecule has 1 heterocycles. The number of hydrogen-bond acceptors (Lipinski definition) is 6. The smallest absolute Gasteiger partial charge is 0.271 e. The molecule has 0 atom stereocenters. The lowest BCUT2D eigenvalue weighted by Crippen LogP contribution is -2.35. The van der Waals surface area contributed by atoms with Crippen LogP contribution in [0.15, 0.2) is 52.5 Å². The van der Waals surface area contributed by atoms with E-state index in [0.717, 1.165) is 19.3 Å². The van der Waals surface area contributed by atoms with Crippen LogP contribution in [0.5, 0.6) is 11.5 Å². The van der Waals surface area contributed by atoms with Gasteiger partial charge in [0.05, 0.1) is 11.1 Å². The first-order valence-corrected chi connectivity index (χ1v) is 10.3. The summed E-state index contributed by atoms with van der Waals surface area (Å²) in [6.45, 7) is 0.965. The molecule has 1 fully saturated rings. The van der Waals surface area contributed by atoms with E-state index >= 15 is 0 Å². The summed E-state index contributed by atoms with van der Waals surface area (Å²) >= 11 is 0. The molecule has 9 heteroatoms. The number of nitrogens with zero attached hydrogens (tertiary/aromatic N) is 2. The van der Waals surface area contributed by atoms with E-state index in [2.05, 4.69) is 10.5 Å². The lowest BCUT2D eigenvalue weighted by atomic mass is 10.2. The Balaban J connectivity index is 1.73. The molecule has 8 nitrogen and oxygen atoms in total. The van der Waals surface area contributed by atoms with Gasteiger partial charge in [-0.15, -0.1) is 0 Å². The minimum atomic E-state index is -3.64. The molecule has 1 aliphatic heterocycles. The van der Waals surface area contributed by atoms with Crippen LogP contribution in [0.4, 0.5) is 0 Å². The van der Waals surface area contributed by atoms with Crippen LogP contribution < -0.4 is 5.43 Å². The van der Waals surface area contributed by atoms with Crippen molar-refractivity contribution in [3.8, 4) is 11.5 Å². The van der Waals surface area contributed by atoms with Gasteiger partial charge in [0, 0.05) is 24.2 Å². The predicted molar refractivity (Wildman–Crippen MR) is 104 cm³/mol. The molecule has 1 saturated heterocycles. The van der Waals surface area contributed by atoms with Gasteiger partial charge in [0.2, 0.25) is 10.0 Å². The van der Waals surface area contributed by atoms with Crippen LogP contribution in [0.2, 0.25) is 0 Å². The number of sulfonamides is 1. The van der Waals surface area contributed by atoms with Crippen LogP contribution in [-0.2, 0) is 10.0 Å². The minimum Gasteiger partial charge on any atom is -0.504 e. The fourth-order valence-corrected chi connectivity index (χ4v) is 4.49. The summed E-state index contributed by atoms with van der Waals surface area (Å²) in [7, 11) is -3.64. The summed E-state index contributed by atoms with van der Waals surface area (Å²) in [4.78, 5) is 12.4. The standard InChI is InChI=1S/C19H21N3O5S/c23-17-9-5-7-15(18(17)24)13-20-21-19(25)14-6-4-8-16(12-14)28(26,27)22-10-2-1-3-11-22/h4-9,12-13,23-24H,1-3,10-11H2,(H,21,25)/b20-13-. The summed E-state index contributed by atoms with van der Waals surface area (Å²) in [6, 6.07) is 10.1. The minimum absolute atomic E-state index is 0.0663. The van der Waals surface area contributed by atoms with Gasteiger partial charge in [-0.25, -0.2) is 13.8 Å². The van der Waals surface area contributed by atoms with Crippen molar-refractivity contribution in [2.45, 2.75) is 24.2 Å². The quantitative estimate of drug-likeness (QED) is 0.401. The van der Waals surface area contributed by atoms with Crippen LogP contribution in [0.25, 0.3) is 0 Å². The monoisotopic (exact) mass is 403 g/mol. The van der Waals surface area contributed by atoms with Crippen molar-refractivity contribution in [3.05, 3.63) is 53.6 Å². The number of aromatic hydroxyl groups is 2. The molecule has 0 spiro atoms. The highest BCUT2D eigenvalue weighted by Gasteiger charge is 2.26. The fourth-order valence-electron chi connectivity index (χ4n) is 2.93. The lowest BCUT2D eigenvalue weighted by molar-refractivity contribution is 0.0955. The van der Waals surface area contributed by atoms with Crippen molar-refractivity contribution >= 4 is 22.1 Å². The molecule has 2 aromatic rings. The van der Waals surface area contributed by atoms with E-state index in [9.17, 15) is 23.4 Å². The number of rotatable bonds is 5. The average Bonchev–Trinajstić information content (AvgIpc) is 2.72. The van der Waals surface area contributed by atoms with Gasteiger partial charge in [0.1, 0.15) is 0 Å². The summed E-state index contributed by atoms with van der Waals surface area (Å²) in [5, 5.41) is 22.9. The number of carbonyl (C=O) groups is 1. The Bertz CT molecular complexity index is 998. The Labute approximate surface area is 163 Å². The molecule has 0 radical (unpaired) electrons. The first kappa shape index (κ1) is 19.8. The van der Waals surface area contributed by atoms with Gasteiger partial charge in [-0.2, -0.15) is 9.41 Å². The predicted octanol–water partition coefficient (Wildman–Crippen LogP) is 2.04. The first-order valence-electron chi connectivity index (χ1n) is 8.84. The zero-order chi connectivity index (χ0) is 20.1. The average molecular weight is 403 g/mol. The highest BCUT2D eigenvalue weighted by atomic mass is 32.2. The van der Waals surface area contributed by atoms with Gasteiger partial charge in [-0.3, -0.25) is 4.79 Å². The number of hydrogen-bond donors (Lipinski definition) is 3. The lowest BCUT2D eigenvalue weighted by Gasteiger charge is -2.25. The molecule has 148 valence electrons. The summed E-state index contributed by atoms with van der Waals surface area (Å²) in [5.74, 6) is -1.24. The van der Waals surface area contributed by atoms with Gasteiger partial charge >= 0.3 is 0 Å². The van der Waals surface area contributed by atoms with Crippen LogP contribution in [0, 0.1) is 0 Å². The zero-order valence-electron chi connectivity index (χ0n) is 15.1. The number of phenolic OH excluding ortho intramolecular Hbond substituents is 2. The largest absolute Gasteiger partial charge is 0.504 e. The second kappa shape index (κ2) is 8.41. The molecular weight excluding hydrogens is 382 g/mol. The highest BCUT2D eigenvalue weighted by Crippen LogP contribution is 2.26. The topological polar surface area (TPSA) is 119 Å². The number of piperidine rings is 1. The van der Waals surface area contributed by atoms with E-state index in [-0.39, 0.29) is 27.5 Å². The number of nitrogens with one attached hydrogen (secondary N) is 1. The number of amides is 1. The van der Waals surface area contributed by atoms with E-state index in [1.807, 2.05) is 0 Å². The molecule has 0 bridgehead atoms. The van der Waals surface area contributed by atoms with Crippen molar-refractivity contribution in [2.75, 3.05) is 13.1 Å². The van der Waals surface area contributed by atoms with Crippen molar-refractivity contribution in [1.82, 2.24) is 9.73 Å². The van der Waals surface area contributed by atoms with Gasteiger partial charge < -0.3 is 10.2 Å². The van der Waals surface area contributed by atoms with Gasteiger partial charge in [0.15, 0.2) is 11.5 Å². The Hall–Kier alpha value is -2.91. The molecule has 0 aromatic heterocycles. The number of hydrazone groups is 1. The number of para-hydroxylation sites is 1. The normalized spacial score (nSPS) is 15.6. The molecule has 3 N–H and O–H groups in total. The van der Waals surface area contributed by atoms with Gasteiger partial charge in [-0.05, 0) is 43.2 Å². The Kier molecular flexibility index (Phi) is 5.96. The molecule has 1 amide bonds. The Morgan fingerprint density at radius 1 is 1.07 bits per heavy atom. The summed E-state index contributed by atoms with van der Waals surface area (Å²) in [5.41, 5.74) is 2.65. The first-order chi connectivity index (χ1) is 13.4. The van der Waals surface area contributed by atoms with Crippen molar-refractivity contribution in [3.63, 3.8) is 0 Å². The number of phenols is 2. The third-order valence-electron chi connectivity index (χ3n) is 4.46.